The lowest BCUT2D eigenvalue weighted by Crippen LogP contribution is -2.13. The van der Waals surface area contributed by atoms with Crippen molar-refractivity contribution >= 4 is 0 Å². The quantitative estimate of drug-likeness (QED) is 0.527. The van der Waals surface area contributed by atoms with E-state index in [-0.39, 0.29) is 0 Å². The fraction of sp³-hybridized carbons (Fsp3) is 0.480. The number of nitrogens with zero attached hydrogens (tertiary/aromatic N) is 1. The zero-order valence-electron chi connectivity index (χ0n) is 16.7. The molecule has 0 saturated heterocycles. The Bertz CT molecular complexity index is 764. The van der Waals surface area contributed by atoms with Crippen LogP contribution in [0, 0.1) is 17.2 Å². The van der Waals surface area contributed by atoms with Gasteiger partial charge in [0.05, 0.1) is 12.2 Å². The summed E-state index contributed by atoms with van der Waals surface area (Å²) in [6, 6.07) is 17.2. The van der Waals surface area contributed by atoms with Crippen LogP contribution in [0.1, 0.15) is 75.8 Å². The van der Waals surface area contributed by atoms with Crippen molar-refractivity contribution in [2.45, 2.75) is 64.7 Å². The highest BCUT2D eigenvalue weighted by atomic mass is 16.5. The zero-order valence-corrected chi connectivity index (χ0v) is 16.7. The van der Waals surface area contributed by atoms with Gasteiger partial charge in [-0.15, -0.1) is 0 Å². The molecule has 0 bridgehead atoms. The zero-order chi connectivity index (χ0) is 19.1. The maximum atomic E-state index is 9.43. The molecule has 1 fully saturated rings. The molecule has 27 heavy (non-hydrogen) atoms. The second-order valence-electron chi connectivity index (χ2n) is 7.80. The summed E-state index contributed by atoms with van der Waals surface area (Å²) in [5.74, 6) is 2.35. The van der Waals surface area contributed by atoms with Crippen molar-refractivity contribution in [2.24, 2.45) is 5.92 Å². The van der Waals surface area contributed by atoms with E-state index < -0.39 is 0 Å². The predicted octanol–water partition coefficient (Wildman–Crippen LogP) is 7.09. The molecule has 0 unspecified atom stereocenters. The molecular weight excluding hydrogens is 330 g/mol. The standard InChI is InChI=1S/C25H31NO/c1-3-5-19-6-8-20(9-7-19)21-10-12-22(13-11-21)23-14-15-25(27-16-4-2)24(17-23)18-26/h10-15,17,19-20H,3-9,16H2,1-2H3. The Hall–Kier alpha value is -2.27. The van der Waals surface area contributed by atoms with Crippen LogP contribution in [0.25, 0.3) is 11.1 Å². The second kappa shape index (κ2) is 9.60. The number of hydrogen-bond acceptors (Lipinski definition) is 2. The molecule has 0 spiro atoms. The highest BCUT2D eigenvalue weighted by Gasteiger charge is 2.21. The number of rotatable bonds is 7. The van der Waals surface area contributed by atoms with Crippen molar-refractivity contribution in [3.63, 3.8) is 0 Å². The first-order chi connectivity index (χ1) is 13.2. The summed E-state index contributed by atoms with van der Waals surface area (Å²) in [5, 5.41) is 9.43. The van der Waals surface area contributed by atoms with E-state index in [0.29, 0.717) is 23.8 Å². The molecular formula is C25H31NO. The van der Waals surface area contributed by atoms with Crippen LogP contribution >= 0.6 is 0 Å². The molecule has 3 rings (SSSR count). The Morgan fingerprint density at radius 2 is 1.63 bits per heavy atom. The van der Waals surface area contributed by atoms with Crippen LogP contribution in [0.5, 0.6) is 5.75 Å². The van der Waals surface area contributed by atoms with E-state index in [1.165, 1.54) is 44.1 Å². The smallest absolute Gasteiger partial charge is 0.137 e. The summed E-state index contributed by atoms with van der Waals surface area (Å²) in [4.78, 5) is 0. The van der Waals surface area contributed by atoms with Gasteiger partial charge in [-0.05, 0) is 72.8 Å². The third kappa shape index (κ3) is 4.92. The number of ether oxygens (including phenoxy) is 1. The molecule has 1 aliphatic rings. The first kappa shape index (κ1) is 19.5. The Balaban J connectivity index is 1.69. The van der Waals surface area contributed by atoms with Gasteiger partial charge in [-0.1, -0.05) is 57.0 Å². The van der Waals surface area contributed by atoms with Crippen molar-refractivity contribution in [3.05, 3.63) is 53.6 Å². The fourth-order valence-electron chi connectivity index (χ4n) is 4.28. The first-order valence-electron chi connectivity index (χ1n) is 10.5. The van der Waals surface area contributed by atoms with E-state index in [0.717, 1.165) is 23.5 Å². The molecule has 0 heterocycles. The minimum Gasteiger partial charge on any atom is -0.492 e. The van der Waals surface area contributed by atoms with Gasteiger partial charge in [-0.25, -0.2) is 0 Å². The Morgan fingerprint density at radius 1 is 0.926 bits per heavy atom. The molecule has 0 N–H and O–H groups in total. The summed E-state index contributed by atoms with van der Waals surface area (Å²) < 4.78 is 5.67. The van der Waals surface area contributed by atoms with Gasteiger partial charge in [0, 0.05) is 0 Å². The third-order valence-electron chi connectivity index (χ3n) is 5.82. The van der Waals surface area contributed by atoms with Crippen LogP contribution in [0.15, 0.2) is 42.5 Å². The topological polar surface area (TPSA) is 33.0 Å². The summed E-state index contributed by atoms with van der Waals surface area (Å²) in [5.41, 5.74) is 4.32. The molecule has 1 saturated carbocycles. The molecule has 2 aromatic carbocycles. The van der Waals surface area contributed by atoms with Gasteiger partial charge in [-0.2, -0.15) is 5.26 Å². The average Bonchev–Trinajstić information content (AvgIpc) is 2.73. The molecule has 0 aliphatic heterocycles. The molecule has 2 nitrogen and oxygen atoms in total. The third-order valence-corrected chi connectivity index (χ3v) is 5.82. The van der Waals surface area contributed by atoms with Crippen molar-refractivity contribution in [1.29, 1.82) is 5.26 Å². The molecule has 2 heteroatoms. The Morgan fingerprint density at radius 3 is 2.26 bits per heavy atom. The SMILES string of the molecule is CCCOc1ccc(-c2ccc(C3CCC(CCC)CC3)cc2)cc1C#N. The van der Waals surface area contributed by atoms with Crippen LogP contribution in [0.4, 0.5) is 0 Å². The molecule has 0 aromatic heterocycles. The minimum atomic E-state index is 0.610. The second-order valence-corrected chi connectivity index (χ2v) is 7.80. The summed E-state index contributed by atoms with van der Waals surface area (Å²) in [6.07, 6.45) is 9.06. The van der Waals surface area contributed by atoms with Gasteiger partial charge in [0.1, 0.15) is 11.8 Å². The molecule has 142 valence electrons. The van der Waals surface area contributed by atoms with E-state index in [1.807, 2.05) is 12.1 Å². The normalized spacial score (nSPS) is 19.4. The lowest BCUT2D eigenvalue weighted by Gasteiger charge is -2.28. The van der Waals surface area contributed by atoms with E-state index in [4.69, 9.17) is 4.74 Å². The van der Waals surface area contributed by atoms with Gasteiger partial charge >= 0.3 is 0 Å². The van der Waals surface area contributed by atoms with E-state index in [1.54, 1.807) is 0 Å². The van der Waals surface area contributed by atoms with Gasteiger partial charge in [0.15, 0.2) is 0 Å². The van der Waals surface area contributed by atoms with Gasteiger partial charge in [0.2, 0.25) is 0 Å². The maximum Gasteiger partial charge on any atom is 0.137 e. The van der Waals surface area contributed by atoms with E-state index >= 15 is 0 Å². The van der Waals surface area contributed by atoms with Crippen LogP contribution in [0.3, 0.4) is 0 Å². The minimum absolute atomic E-state index is 0.610. The average molecular weight is 362 g/mol. The lowest BCUT2D eigenvalue weighted by atomic mass is 9.77. The van der Waals surface area contributed by atoms with Crippen LogP contribution in [-0.2, 0) is 0 Å². The Labute approximate surface area is 164 Å². The molecule has 0 amide bonds. The molecule has 0 atom stereocenters. The predicted molar refractivity (Wildman–Crippen MR) is 112 cm³/mol. The van der Waals surface area contributed by atoms with Crippen molar-refractivity contribution in [2.75, 3.05) is 6.61 Å². The number of hydrogen-bond donors (Lipinski definition) is 0. The highest BCUT2D eigenvalue weighted by molar-refractivity contribution is 5.67. The maximum absolute atomic E-state index is 9.43. The fourth-order valence-corrected chi connectivity index (χ4v) is 4.28. The van der Waals surface area contributed by atoms with Crippen molar-refractivity contribution < 1.29 is 4.74 Å². The summed E-state index contributed by atoms with van der Waals surface area (Å²) in [6.45, 7) is 5.01. The Kier molecular flexibility index (Phi) is 6.93. The summed E-state index contributed by atoms with van der Waals surface area (Å²) in [7, 11) is 0. The van der Waals surface area contributed by atoms with Crippen LogP contribution in [0.2, 0.25) is 0 Å². The van der Waals surface area contributed by atoms with E-state index in [2.05, 4.69) is 50.2 Å². The largest absolute Gasteiger partial charge is 0.492 e. The highest BCUT2D eigenvalue weighted by Crippen LogP contribution is 2.38. The first-order valence-corrected chi connectivity index (χ1v) is 10.5. The molecule has 1 aliphatic carbocycles. The van der Waals surface area contributed by atoms with Crippen LogP contribution in [-0.4, -0.2) is 6.61 Å². The van der Waals surface area contributed by atoms with Gasteiger partial charge < -0.3 is 4.74 Å². The summed E-state index contributed by atoms with van der Waals surface area (Å²) >= 11 is 0. The molecule has 0 radical (unpaired) electrons. The monoisotopic (exact) mass is 361 g/mol. The van der Waals surface area contributed by atoms with Crippen LogP contribution < -0.4 is 4.74 Å². The van der Waals surface area contributed by atoms with Crippen molar-refractivity contribution in [1.82, 2.24) is 0 Å². The number of nitriles is 1. The lowest BCUT2D eigenvalue weighted by molar-refractivity contribution is 0.308. The molecule has 2 aromatic rings. The van der Waals surface area contributed by atoms with Gasteiger partial charge in [0.25, 0.3) is 0 Å². The van der Waals surface area contributed by atoms with Crippen molar-refractivity contribution in [3.8, 4) is 22.9 Å². The number of benzene rings is 2. The van der Waals surface area contributed by atoms with Gasteiger partial charge in [-0.3, -0.25) is 0 Å². The van der Waals surface area contributed by atoms with E-state index in [9.17, 15) is 5.26 Å².